The third-order valence-electron chi connectivity index (χ3n) is 4.84. The minimum Gasteiger partial charge on any atom is -0.457 e. The molecular weight excluding hydrogens is 384 g/mol. The van der Waals surface area contributed by atoms with Crippen LogP contribution in [0.15, 0.2) is 55.0 Å². The van der Waals surface area contributed by atoms with Gasteiger partial charge in [-0.05, 0) is 69.2 Å². The van der Waals surface area contributed by atoms with Gasteiger partial charge in [-0.1, -0.05) is 23.7 Å². The Balaban J connectivity index is 1.80. The monoisotopic (exact) mass is 406 g/mol. The molecule has 0 fully saturated rings. The molecule has 0 saturated heterocycles. The maximum Gasteiger partial charge on any atom is 0.146 e. The van der Waals surface area contributed by atoms with Gasteiger partial charge >= 0.3 is 0 Å². The zero-order valence-corrected chi connectivity index (χ0v) is 17.7. The van der Waals surface area contributed by atoms with Crippen LogP contribution in [0.25, 0.3) is 22.2 Å². The predicted molar refractivity (Wildman–Crippen MR) is 119 cm³/mol. The molecule has 0 unspecified atom stereocenters. The standard InChI is InChI=1S/C23H23ClN4O/c1-14-10-15(8-9-19(14)29-17-7-5-6-16(24)11-17)18-12-28(23(2,3)4)22-20(18)21(25)26-13-27-22/h5-13H,1-4H3,(H2,25,26,27). The normalized spacial score (nSPS) is 11.8. The molecule has 0 radical (unpaired) electrons. The number of rotatable bonds is 3. The van der Waals surface area contributed by atoms with Crippen LogP contribution in [0.3, 0.4) is 0 Å². The highest BCUT2D eigenvalue weighted by molar-refractivity contribution is 6.30. The Kier molecular flexibility index (Phi) is 4.71. The van der Waals surface area contributed by atoms with Crippen LogP contribution in [-0.4, -0.2) is 14.5 Å². The van der Waals surface area contributed by atoms with Gasteiger partial charge in [-0.2, -0.15) is 0 Å². The van der Waals surface area contributed by atoms with Crippen LogP contribution in [0.1, 0.15) is 26.3 Å². The Morgan fingerprint density at radius 3 is 2.55 bits per heavy atom. The van der Waals surface area contributed by atoms with Gasteiger partial charge in [0.05, 0.1) is 5.39 Å². The Morgan fingerprint density at radius 2 is 1.86 bits per heavy atom. The fraction of sp³-hybridized carbons (Fsp3) is 0.217. The number of aryl methyl sites for hydroxylation is 1. The average molecular weight is 407 g/mol. The van der Waals surface area contributed by atoms with E-state index in [9.17, 15) is 0 Å². The number of aromatic nitrogens is 3. The Bertz CT molecular complexity index is 1210. The first-order chi connectivity index (χ1) is 13.7. The summed E-state index contributed by atoms with van der Waals surface area (Å²) in [5.74, 6) is 1.96. The van der Waals surface area contributed by atoms with E-state index in [0.29, 0.717) is 16.6 Å². The van der Waals surface area contributed by atoms with E-state index in [-0.39, 0.29) is 5.54 Å². The van der Waals surface area contributed by atoms with Gasteiger partial charge in [0.1, 0.15) is 29.3 Å². The number of hydrogen-bond donors (Lipinski definition) is 1. The highest BCUT2D eigenvalue weighted by Gasteiger charge is 2.22. The van der Waals surface area contributed by atoms with E-state index in [4.69, 9.17) is 22.1 Å². The summed E-state index contributed by atoms with van der Waals surface area (Å²) < 4.78 is 8.15. The summed E-state index contributed by atoms with van der Waals surface area (Å²) in [6.45, 7) is 8.44. The molecule has 4 aromatic rings. The van der Waals surface area contributed by atoms with Crippen molar-refractivity contribution in [1.29, 1.82) is 0 Å². The number of nitrogen functional groups attached to an aromatic ring is 1. The van der Waals surface area contributed by atoms with Crippen LogP contribution >= 0.6 is 11.6 Å². The molecule has 0 aliphatic carbocycles. The lowest BCUT2D eigenvalue weighted by Crippen LogP contribution is -2.21. The molecule has 5 nitrogen and oxygen atoms in total. The van der Waals surface area contributed by atoms with Crippen molar-refractivity contribution >= 4 is 28.5 Å². The van der Waals surface area contributed by atoms with Gasteiger partial charge in [-0.25, -0.2) is 9.97 Å². The molecule has 0 amide bonds. The molecule has 0 aliphatic rings. The molecule has 0 atom stereocenters. The van der Waals surface area contributed by atoms with E-state index in [1.807, 2.05) is 37.3 Å². The molecule has 2 aromatic carbocycles. The molecule has 148 valence electrons. The largest absolute Gasteiger partial charge is 0.457 e. The predicted octanol–water partition coefficient (Wildman–Crippen LogP) is 6.19. The Hall–Kier alpha value is -3.05. The summed E-state index contributed by atoms with van der Waals surface area (Å²) in [6.07, 6.45) is 3.61. The number of fused-ring (bicyclic) bond motifs is 1. The number of hydrogen-bond acceptors (Lipinski definition) is 4. The van der Waals surface area contributed by atoms with E-state index in [1.165, 1.54) is 6.33 Å². The number of ether oxygens (including phenoxy) is 1. The summed E-state index contributed by atoms with van der Waals surface area (Å²) in [5, 5.41) is 1.51. The van der Waals surface area contributed by atoms with E-state index >= 15 is 0 Å². The van der Waals surface area contributed by atoms with E-state index < -0.39 is 0 Å². The highest BCUT2D eigenvalue weighted by atomic mass is 35.5. The molecule has 29 heavy (non-hydrogen) atoms. The first kappa shape index (κ1) is 19.3. The summed E-state index contributed by atoms with van der Waals surface area (Å²) in [7, 11) is 0. The lowest BCUT2D eigenvalue weighted by molar-refractivity contribution is 0.408. The number of nitrogens with two attached hydrogens (primary N) is 1. The quantitative estimate of drug-likeness (QED) is 0.440. The first-order valence-electron chi connectivity index (χ1n) is 9.40. The fourth-order valence-electron chi connectivity index (χ4n) is 3.40. The van der Waals surface area contributed by atoms with Crippen LogP contribution in [0, 0.1) is 6.92 Å². The van der Waals surface area contributed by atoms with Crippen LogP contribution in [0.2, 0.25) is 5.02 Å². The molecule has 0 aliphatic heterocycles. The summed E-state index contributed by atoms with van der Waals surface area (Å²) in [4.78, 5) is 8.70. The highest BCUT2D eigenvalue weighted by Crippen LogP contribution is 2.37. The fourth-order valence-corrected chi connectivity index (χ4v) is 3.58. The summed E-state index contributed by atoms with van der Waals surface area (Å²) in [5.41, 5.74) is 9.98. The Labute approximate surface area is 175 Å². The molecule has 0 saturated carbocycles. The maximum atomic E-state index is 6.23. The van der Waals surface area contributed by atoms with Gasteiger partial charge in [0, 0.05) is 22.3 Å². The third-order valence-corrected chi connectivity index (χ3v) is 5.08. The van der Waals surface area contributed by atoms with Crippen molar-refractivity contribution in [3.8, 4) is 22.6 Å². The molecule has 2 heterocycles. The van der Waals surface area contributed by atoms with Crippen molar-refractivity contribution in [2.45, 2.75) is 33.2 Å². The molecule has 0 bridgehead atoms. The third kappa shape index (κ3) is 3.66. The molecule has 6 heteroatoms. The summed E-state index contributed by atoms with van der Waals surface area (Å²) >= 11 is 6.06. The van der Waals surface area contributed by atoms with Crippen LogP contribution in [0.4, 0.5) is 5.82 Å². The van der Waals surface area contributed by atoms with Gasteiger partial charge < -0.3 is 15.0 Å². The van der Waals surface area contributed by atoms with E-state index in [1.54, 1.807) is 6.07 Å². The number of halogens is 1. The van der Waals surface area contributed by atoms with Gasteiger partial charge in [-0.15, -0.1) is 0 Å². The SMILES string of the molecule is Cc1cc(-c2cn(C(C)(C)C)c3ncnc(N)c23)ccc1Oc1cccc(Cl)c1. The van der Waals surface area contributed by atoms with Crippen LogP contribution in [0.5, 0.6) is 11.5 Å². The molecule has 4 rings (SSSR count). The zero-order chi connectivity index (χ0) is 20.8. The number of nitrogens with zero attached hydrogens (tertiary/aromatic N) is 3. The van der Waals surface area contributed by atoms with Crippen molar-refractivity contribution in [2.75, 3.05) is 5.73 Å². The van der Waals surface area contributed by atoms with E-state index in [2.05, 4.69) is 47.6 Å². The van der Waals surface area contributed by atoms with Crippen LogP contribution < -0.4 is 10.5 Å². The molecular formula is C23H23ClN4O. The van der Waals surface area contributed by atoms with Gasteiger partial charge in [-0.3, -0.25) is 0 Å². The second-order valence-corrected chi connectivity index (χ2v) is 8.52. The van der Waals surface area contributed by atoms with Gasteiger partial charge in [0.25, 0.3) is 0 Å². The van der Waals surface area contributed by atoms with Crippen molar-refractivity contribution in [3.63, 3.8) is 0 Å². The van der Waals surface area contributed by atoms with Gasteiger partial charge in [0.2, 0.25) is 0 Å². The van der Waals surface area contributed by atoms with Crippen molar-refractivity contribution in [2.24, 2.45) is 0 Å². The van der Waals surface area contributed by atoms with E-state index in [0.717, 1.165) is 33.5 Å². The number of benzene rings is 2. The Morgan fingerprint density at radius 1 is 1.07 bits per heavy atom. The van der Waals surface area contributed by atoms with Gasteiger partial charge in [0.15, 0.2) is 0 Å². The summed E-state index contributed by atoms with van der Waals surface area (Å²) in [6, 6.07) is 13.5. The minimum atomic E-state index is -0.137. The zero-order valence-electron chi connectivity index (χ0n) is 16.9. The number of anilines is 1. The second-order valence-electron chi connectivity index (χ2n) is 8.08. The van der Waals surface area contributed by atoms with Crippen molar-refractivity contribution in [3.05, 3.63) is 65.6 Å². The van der Waals surface area contributed by atoms with Crippen molar-refractivity contribution in [1.82, 2.24) is 14.5 Å². The topological polar surface area (TPSA) is 66.0 Å². The smallest absolute Gasteiger partial charge is 0.146 e. The second kappa shape index (κ2) is 7.08. The molecule has 0 spiro atoms. The van der Waals surface area contributed by atoms with Crippen molar-refractivity contribution < 1.29 is 4.74 Å². The minimum absolute atomic E-state index is 0.137. The lowest BCUT2D eigenvalue weighted by Gasteiger charge is -2.21. The maximum absolute atomic E-state index is 6.23. The van der Waals surface area contributed by atoms with Crippen LogP contribution in [-0.2, 0) is 5.54 Å². The average Bonchev–Trinajstić information content (AvgIpc) is 3.05. The lowest BCUT2D eigenvalue weighted by atomic mass is 10.0. The molecule has 2 N–H and O–H groups in total. The molecule has 2 aromatic heterocycles. The first-order valence-corrected chi connectivity index (χ1v) is 9.78.